The van der Waals surface area contributed by atoms with E-state index in [-0.39, 0.29) is 6.10 Å². The Hall–Kier alpha value is -1.84. The molecule has 0 amide bonds. The first-order valence-electron chi connectivity index (χ1n) is 5.89. The molecule has 1 aliphatic heterocycles. The van der Waals surface area contributed by atoms with Crippen LogP contribution in [0, 0.1) is 11.3 Å². The van der Waals surface area contributed by atoms with Crippen LogP contribution < -0.4 is 11.1 Å². The molecule has 1 aromatic rings. The third kappa shape index (κ3) is 2.88. The van der Waals surface area contributed by atoms with Crippen LogP contribution in [0.3, 0.4) is 0 Å². The van der Waals surface area contributed by atoms with E-state index in [1.807, 2.05) is 6.07 Å². The monoisotopic (exact) mass is 247 g/mol. The van der Waals surface area contributed by atoms with Gasteiger partial charge in [-0.05, 0) is 13.1 Å². The van der Waals surface area contributed by atoms with Crippen LogP contribution >= 0.6 is 0 Å². The lowest BCUT2D eigenvalue weighted by molar-refractivity contribution is -0.0117. The van der Waals surface area contributed by atoms with Gasteiger partial charge in [-0.3, -0.25) is 0 Å². The molecule has 1 atom stereocenters. The minimum atomic E-state index is 0.121. The van der Waals surface area contributed by atoms with Gasteiger partial charge >= 0.3 is 0 Å². The molecule has 2 heterocycles. The van der Waals surface area contributed by atoms with Crippen LogP contribution in [0.1, 0.15) is 5.56 Å². The molecule has 0 bridgehead atoms. The molecule has 1 fully saturated rings. The highest BCUT2D eigenvalue weighted by atomic mass is 16.5. The summed E-state index contributed by atoms with van der Waals surface area (Å²) < 4.78 is 5.63. The smallest absolute Gasteiger partial charge is 0.150 e. The van der Waals surface area contributed by atoms with Gasteiger partial charge in [0.15, 0.2) is 5.82 Å². The first-order chi connectivity index (χ1) is 8.70. The molecule has 18 heavy (non-hydrogen) atoms. The van der Waals surface area contributed by atoms with E-state index in [0.717, 1.165) is 19.7 Å². The Morgan fingerprint density at radius 3 is 3.28 bits per heavy atom. The summed E-state index contributed by atoms with van der Waals surface area (Å²) in [5.41, 5.74) is 6.67. The fourth-order valence-electron chi connectivity index (χ4n) is 1.91. The minimum absolute atomic E-state index is 0.121. The van der Waals surface area contributed by atoms with Gasteiger partial charge in [0.1, 0.15) is 6.07 Å². The largest absolute Gasteiger partial charge is 0.395 e. The van der Waals surface area contributed by atoms with Gasteiger partial charge in [-0.1, -0.05) is 0 Å². The van der Waals surface area contributed by atoms with Gasteiger partial charge in [-0.25, -0.2) is 4.98 Å². The number of nitrogens with one attached hydrogen (secondary N) is 1. The average Bonchev–Trinajstić information content (AvgIpc) is 2.38. The van der Waals surface area contributed by atoms with Crippen LogP contribution in [0.5, 0.6) is 0 Å². The number of ether oxygens (including phenoxy) is 1. The Bertz CT molecular complexity index is 456. The highest BCUT2D eigenvalue weighted by Gasteiger charge is 2.18. The Labute approximate surface area is 106 Å². The summed E-state index contributed by atoms with van der Waals surface area (Å²) in [6.45, 7) is 3.21. The van der Waals surface area contributed by atoms with Crippen molar-refractivity contribution in [3.63, 3.8) is 0 Å². The van der Waals surface area contributed by atoms with E-state index in [0.29, 0.717) is 23.6 Å². The van der Waals surface area contributed by atoms with Gasteiger partial charge < -0.3 is 20.7 Å². The van der Waals surface area contributed by atoms with Crippen LogP contribution in [-0.4, -0.2) is 49.3 Å². The molecule has 1 aliphatic rings. The first-order valence-corrected chi connectivity index (χ1v) is 5.89. The number of nitrogens with two attached hydrogens (primary N) is 1. The molecule has 1 aromatic heterocycles. The molecular weight excluding hydrogens is 230 g/mol. The standard InChI is InChI=1S/C12H17N5O/c1-17-4-5-18-10(8-17)7-16-12-11(14)9(6-13)2-3-15-12/h2-3,10H,4-5,7-8,14H2,1H3,(H,15,16). The van der Waals surface area contributed by atoms with Gasteiger partial charge in [0.2, 0.25) is 0 Å². The van der Waals surface area contributed by atoms with E-state index < -0.39 is 0 Å². The van der Waals surface area contributed by atoms with Crippen molar-refractivity contribution in [2.75, 3.05) is 44.3 Å². The van der Waals surface area contributed by atoms with Gasteiger partial charge in [0, 0.05) is 25.8 Å². The summed E-state index contributed by atoms with van der Waals surface area (Å²) in [4.78, 5) is 6.35. The predicted molar refractivity (Wildman–Crippen MR) is 69.1 cm³/mol. The zero-order valence-electron chi connectivity index (χ0n) is 10.4. The second-order valence-corrected chi connectivity index (χ2v) is 4.37. The molecule has 6 heteroatoms. The van der Waals surface area contributed by atoms with Crippen molar-refractivity contribution >= 4 is 11.5 Å². The maximum absolute atomic E-state index is 8.88. The maximum atomic E-state index is 8.88. The normalized spacial score (nSPS) is 20.3. The minimum Gasteiger partial charge on any atom is -0.395 e. The van der Waals surface area contributed by atoms with Crippen molar-refractivity contribution in [1.82, 2.24) is 9.88 Å². The Morgan fingerprint density at radius 1 is 1.72 bits per heavy atom. The summed E-state index contributed by atoms with van der Waals surface area (Å²) >= 11 is 0. The number of morpholine rings is 1. The van der Waals surface area contributed by atoms with Crippen molar-refractivity contribution in [2.45, 2.75) is 6.10 Å². The Balaban J connectivity index is 1.96. The molecule has 0 saturated carbocycles. The number of aromatic nitrogens is 1. The summed E-state index contributed by atoms with van der Waals surface area (Å²) in [5, 5.41) is 12.0. The fraction of sp³-hybridized carbons (Fsp3) is 0.500. The maximum Gasteiger partial charge on any atom is 0.150 e. The lowest BCUT2D eigenvalue weighted by Crippen LogP contribution is -2.43. The van der Waals surface area contributed by atoms with Gasteiger partial charge in [0.25, 0.3) is 0 Å². The zero-order valence-corrected chi connectivity index (χ0v) is 10.4. The summed E-state index contributed by atoms with van der Waals surface area (Å²) in [7, 11) is 2.07. The van der Waals surface area contributed by atoms with Crippen LogP contribution in [0.2, 0.25) is 0 Å². The molecule has 0 aliphatic carbocycles. The predicted octanol–water partition coefficient (Wildman–Crippen LogP) is 0.278. The van der Waals surface area contributed by atoms with Gasteiger partial charge in [-0.2, -0.15) is 5.26 Å². The number of rotatable bonds is 3. The second-order valence-electron chi connectivity index (χ2n) is 4.37. The van der Waals surface area contributed by atoms with Crippen molar-refractivity contribution in [2.24, 2.45) is 0 Å². The van der Waals surface area contributed by atoms with E-state index in [4.69, 9.17) is 15.7 Å². The fourth-order valence-corrected chi connectivity index (χ4v) is 1.91. The number of pyridine rings is 1. The van der Waals surface area contributed by atoms with Crippen LogP contribution in [-0.2, 0) is 4.74 Å². The molecule has 0 radical (unpaired) electrons. The van der Waals surface area contributed by atoms with Gasteiger partial charge in [0.05, 0.1) is 24.0 Å². The van der Waals surface area contributed by atoms with E-state index in [1.54, 1.807) is 12.3 Å². The third-order valence-electron chi connectivity index (χ3n) is 2.95. The van der Waals surface area contributed by atoms with Crippen LogP contribution in [0.25, 0.3) is 0 Å². The van der Waals surface area contributed by atoms with E-state index in [9.17, 15) is 0 Å². The second kappa shape index (κ2) is 5.67. The average molecular weight is 247 g/mol. The number of likely N-dealkylation sites (N-methyl/N-ethyl adjacent to an activating group) is 1. The molecule has 3 N–H and O–H groups in total. The van der Waals surface area contributed by atoms with E-state index in [1.165, 1.54) is 0 Å². The highest BCUT2D eigenvalue weighted by molar-refractivity contribution is 5.68. The number of hydrogen-bond donors (Lipinski definition) is 2. The summed E-state index contributed by atoms with van der Waals surface area (Å²) in [6, 6.07) is 3.64. The topological polar surface area (TPSA) is 87.2 Å². The van der Waals surface area contributed by atoms with E-state index in [2.05, 4.69) is 22.2 Å². The van der Waals surface area contributed by atoms with E-state index >= 15 is 0 Å². The number of hydrogen-bond acceptors (Lipinski definition) is 6. The molecule has 6 nitrogen and oxygen atoms in total. The molecule has 0 spiro atoms. The lowest BCUT2D eigenvalue weighted by atomic mass is 10.2. The summed E-state index contributed by atoms with van der Waals surface area (Å²) in [5.74, 6) is 0.547. The number of nitriles is 1. The molecule has 2 rings (SSSR count). The molecule has 0 aromatic carbocycles. The third-order valence-corrected chi connectivity index (χ3v) is 2.95. The zero-order chi connectivity index (χ0) is 13.0. The molecular formula is C12H17N5O. The Kier molecular flexibility index (Phi) is 3.97. The van der Waals surface area contributed by atoms with Crippen molar-refractivity contribution in [3.8, 4) is 6.07 Å². The first kappa shape index (κ1) is 12.6. The molecule has 1 saturated heterocycles. The number of anilines is 2. The number of nitrogens with zero attached hydrogens (tertiary/aromatic N) is 3. The van der Waals surface area contributed by atoms with Crippen molar-refractivity contribution in [1.29, 1.82) is 5.26 Å². The van der Waals surface area contributed by atoms with Crippen molar-refractivity contribution < 1.29 is 4.74 Å². The molecule has 1 unspecified atom stereocenters. The highest BCUT2D eigenvalue weighted by Crippen LogP contribution is 2.19. The quantitative estimate of drug-likeness (QED) is 0.797. The van der Waals surface area contributed by atoms with Crippen LogP contribution in [0.15, 0.2) is 12.3 Å². The van der Waals surface area contributed by atoms with Crippen molar-refractivity contribution in [3.05, 3.63) is 17.8 Å². The van der Waals surface area contributed by atoms with Gasteiger partial charge in [-0.15, -0.1) is 0 Å². The number of nitrogen functional groups attached to an aromatic ring is 1. The summed E-state index contributed by atoms with van der Waals surface area (Å²) in [6.07, 6.45) is 1.70. The Morgan fingerprint density at radius 2 is 2.56 bits per heavy atom. The lowest BCUT2D eigenvalue weighted by Gasteiger charge is -2.30. The van der Waals surface area contributed by atoms with Crippen LogP contribution in [0.4, 0.5) is 11.5 Å². The molecule has 96 valence electrons. The SMILES string of the molecule is CN1CCOC(CNc2nccc(C#N)c2N)C1.